The number of ether oxygens (including phenoxy) is 2. The predicted molar refractivity (Wildman–Crippen MR) is 71.8 cm³/mol. The lowest BCUT2D eigenvalue weighted by molar-refractivity contribution is -0.275. The van der Waals surface area contributed by atoms with Crippen LogP contribution in [-0.2, 0) is 11.3 Å². The zero-order valence-corrected chi connectivity index (χ0v) is 11.6. The van der Waals surface area contributed by atoms with E-state index in [1.165, 1.54) is 12.1 Å². The predicted octanol–water partition coefficient (Wildman–Crippen LogP) is 2.13. The number of morpholine rings is 1. The molecule has 1 fully saturated rings. The lowest BCUT2D eigenvalue weighted by atomic mass is 10.1. The Bertz CT molecular complexity index is 452. The standard InChI is InChI=1S/C14H19F3N2O2/c15-14(16,17)21-13-4-2-1-3-11(13)9-19-7-8-20-12(10-19)5-6-18/h1-4,12H,5-10,18H2/t12-/m1/s1. The van der Waals surface area contributed by atoms with Gasteiger partial charge in [0.25, 0.3) is 0 Å². The third-order valence-corrected chi connectivity index (χ3v) is 3.30. The molecule has 21 heavy (non-hydrogen) atoms. The minimum absolute atomic E-state index is 0.0412. The number of halogens is 3. The van der Waals surface area contributed by atoms with E-state index < -0.39 is 6.36 Å². The molecule has 0 amide bonds. The molecule has 0 aliphatic carbocycles. The molecule has 118 valence electrons. The Balaban J connectivity index is 2.02. The van der Waals surface area contributed by atoms with Gasteiger partial charge in [-0.05, 0) is 19.0 Å². The first-order valence-corrected chi connectivity index (χ1v) is 6.85. The van der Waals surface area contributed by atoms with E-state index in [0.717, 1.165) is 6.42 Å². The molecular weight excluding hydrogens is 285 g/mol. The van der Waals surface area contributed by atoms with E-state index in [4.69, 9.17) is 10.5 Å². The van der Waals surface area contributed by atoms with Crippen molar-refractivity contribution >= 4 is 0 Å². The summed E-state index contributed by atoms with van der Waals surface area (Å²) in [6, 6.07) is 6.21. The largest absolute Gasteiger partial charge is 0.573 e. The minimum atomic E-state index is -4.68. The number of benzene rings is 1. The van der Waals surface area contributed by atoms with E-state index in [2.05, 4.69) is 9.64 Å². The van der Waals surface area contributed by atoms with Crippen molar-refractivity contribution in [1.29, 1.82) is 0 Å². The monoisotopic (exact) mass is 304 g/mol. The fourth-order valence-electron chi connectivity index (χ4n) is 2.38. The van der Waals surface area contributed by atoms with Gasteiger partial charge in [0.1, 0.15) is 5.75 Å². The van der Waals surface area contributed by atoms with Crippen molar-refractivity contribution in [3.63, 3.8) is 0 Å². The van der Waals surface area contributed by atoms with Gasteiger partial charge in [-0.3, -0.25) is 4.90 Å². The molecule has 2 N–H and O–H groups in total. The Morgan fingerprint density at radius 3 is 2.81 bits per heavy atom. The second-order valence-electron chi connectivity index (χ2n) is 4.96. The molecule has 1 heterocycles. The van der Waals surface area contributed by atoms with Gasteiger partial charge in [0.15, 0.2) is 0 Å². The zero-order valence-electron chi connectivity index (χ0n) is 11.6. The molecule has 1 atom stereocenters. The molecule has 4 nitrogen and oxygen atoms in total. The van der Waals surface area contributed by atoms with Crippen LogP contribution >= 0.6 is 0 Å². The summed E-state index contributed by atoms with van der Waals surface area (Å²) in [5, 5.41) is 0. The number of rotatable bonds is 5. The van der Waals surface area contributed by atoms with E-state index in [-0.39, 0.29) is 11.9 Å². The number of alkyl halides is 3. The Hall–Kier alpha value is -1.31. The van der Waals surface area contributed by atoms with Crippen molar-refractivity contribution in [1.82, 2.24) is 4.90 Å². The summed E-state index contributed by atoms with van der Waals surface area (Å²) in [5.74, 6) is -0.146. The van der Waals surface area contributed by atoms with Crippen LogP contribution < -0.4 is 10.5 Å². The van der Waals surface area contributed by atoms with Crippen LogP contribution in [0.15, 0.2) is 24.3 Å². The highest BCUT2D eigenvalue weighted by atomic mass is 19.4. The molecule has 1 saturated heterocycles. The number of hydrogen-bond donors (Lipinski definition) is 1. The third-order valence-electron chi connectivity index (χ3n) is 3.30. The Morgan fingerprint density at radius 2 is 2.10 bits per heavy atom. The summed E-state index contributed by atoms with van der Waals surface area (Å²) in [6.45, 7) is 2.84. The maximum Gasteiger partial charge on any atom is 0.573 e. The Kier molecular flexibility index (Phi) is 5.44. The van der Waals surface area contributed by atoms with E-state index >= 15 is 0 Å². The average Bonchev–Trinajstić information content (AvgIpc) is 2.40. The lowest BCUT2D eigenvalue weighted by Crippen LogP contribution is -2.42. The van der Waals surface area contributed by atoms with Crippen molar-refractivity contribution in [3.8, 4) is 5.75 Å². The second kappa shape index (κ2) is 7.11. The lowest BCUT2D eigenvalue weighted by Gasteiger charge is -2.33. The summed E-state index contributed by atoms with van der Waals surface area (Å²) in [4.78, 5) is 2.06. The van der Waals surface area contributed by atoms with Crippen molar-refractivity contribution in [2.24, 2.45) is 5.73 Å². The molecule has 1 aromatic rings. The van der Waals surface area contributed by atoms with Gasteiger partial charge in [0.05, 0.1) is 12.7 Å². The van der Waals surface area contributed by atoms with Gasteiger partial charge < -0.3 is 15.2 Å². The third kappa shape index (κ3) is 5.18. The summed E-state index contributed by atoms with van der Waals surface area (Å²) < 4.78 is 46.8. The topological polar surface area (TPSA) is 47.7 Å². The Morgan fingerprint density at radius 1 is 1.33 bits per heavy atom. The average molecular weight is 304 g/mol. The first-order chi connectivity index (χ1) is 9.98. The van der Waals surface area contributed by atoms with Crippen molar-refractivity contribution in [3.05, 3.63) is 29.8 Å². The highest BCUT2D eigenvalue weighted by Gasteiger charge is 2.32. The quantitative estimate of drug-likeness (QED) is 0.905. The van der Waals surface area contributed by atoms with Crippen LogP contribution in [0.2, 0.25) is 0 Å². The van der Waals surface area contributed by atoms with Crippen LogP contribution in [0.25, 0.3) is 0 Å². The van der Waals surface area contributed by atoms with Crippen LogP contribution in [0, 0.1) is 0 Å². The van der Waals surface area contributed by atoms with Crippen molar-refractivity contribution in [2.75, 3.05) is 26.2 Å². The zero-order chi connectivity index (χ0) is 15.3. The Labute approximate surface area is 121 Å². The SMILES string of the molecule is NCC[C@@H]1CN(Cc2ccccc2OC(F)(F)F)CCO1. The van der Waals surface area contributed by atoms with Crippen LogP contribution in [0.4, 0.5) is 13.2 Å². The van der Waals surface area contributed by atoms with E-state index in [0.29, 0.717) is 38.3 Å². The minimum Gasteiger partial charge on any atom is -0.405 e. The van der Waals surface area contributed by atoms with E-state index in [9.17, 15) is 13.2 Å². The molecule has 7 heteroatoms. The molecule has 1 aromatic carbocycles. The molecular formula is C14H19F3N2O2. The van der Waals surface area contributed by atoms with Gasteiger partial charge in [-0.2, -0.15) is 0 Å². The maximum atomic E-state index is 12.4. The highest BCUT2D eigenvalue weighted by Crippen LogP contribution is 2.27. The molecule has 0 bridgehead atoms. The van der Waals surface area contributed by atoms with Crippen LogP contribution in [0.1, 0.15) is 12.0 Å². The molecule has 1 aliphatic rings. The first-order valence-electron chi connectivity index (χ1n) is 6.85. The molecule has 0 spiro atoms. The van der Waals surface area contributed by atoms with Crippen LogP contribution in [-0.4, -0.2) is 43.6 Å². The number of para-hydroxylation sites is 1. The van der Waals surface area contributed by atoms with Crippen LogP contribution in [0.5, 0.6) is 5.75 Å². The van der Waals surface area contributed by atoms with E-state index in [1.54, 1.807) is 12.1 Å². The first kappa shape index (κ1) is 16.1. The number of hydrogen-bond acceptors (Lipinski definition) is 4. The maximum absolute atomic E-state index is 12.4. The number of nitrogens with two attached hydrogens (primary N) is 1. The molecule has 0 saturated carbocycles. The van der Waals surface area contributed by atoms with Gasteiger partial charge in [-0.15, -0.1) is 13.2 Å². The molecule has 0 unspecified atom stereocenters. The summed E-state index contributed by atoms with van der Waals surface area (Å²) >= 11 is 0. The molecule has 0 aromatic heterocycles. The summed E-state index contributed by atoms with van der Waals surface area (Å²) in [7, 11) is 0. The highest BCUT2D eigenvalue weighted by molar-refractivity contribution is 5.33. The van der Waals surface area contributed by atoms with Gasteiger partial charge in [-0.25, -0.2) is 0 Å². The fraction of sp³-hybridized carbons (Fsp3) is 0.571. The van der Waals surface area contributed by atoms with Gasteiger partial charge >= 0.3 is 6.36 Å². The smallest absolute Gasteiger partial charge is 0.405 e. The van der Waals surface area contributed by atoms with Gasteiger partial charge in [0.2, 0.25) is 0 Å². The summed E-state index contributed by atoms with van der Waals surface area (Å²) in [6.07, 6.45) is -3.89. The molecule has 0 radical (unpaired) electrons. The molecule has 2 rings (SSSR count). The van der Waals surface area contributed by atoms with Crippen molar-refractivity contribution in [2.45, 2.75) is 25.4 Å². The summed E-state index contributed by atoms with van der Waals surface area (Å²) in [5.41, 5.74) is 6.02. The molecule has 1 aliphatic heterocycles. The van der Waals surface area contributed by atoms with Gasteiger partial charge in [-0.1, -0.05) is 18.2 Å². The fourth-order valence-corrected chi connectivity index (χ4v) is 2.38. The van der Waals surface area contributed by atoms with E-state index in [1.807, 2.05) is 0 Å². The van der Waals surface area contributed by atoms with Gasteiger partial charge in [0, 0.05) is 25.2 Å². The second-order valence-corrected chi connectivity index (χ2v) is 4.96. The number of nitrogens with zero attached hydrogens (tertiary/aromatic N) is 1. The normalized spacial score (nSPS) is 20.5. The van der Waals surface area contributed by atoms with Crippen molar-refractivity contribution < 1.29 is 22.6 Å². The van der Waals surface area contributed by atoms with Crippen LogP contribution in [0.3, 0.4) is 0 Å².